The number of rotatable bonds is 6. The van der Waals surface area contributed by atoms with E-state index in [0.29, 0.717) is 0 Å². The average Bonchev–Trinajstić information content (AvgIpc) is 2.08. The van der Waals surface area contributed by atoms with Crippen molar-refractivity contribution in [2.24, 2.45) is 0 Å². The summed E-state index contributed by atoms with van der Waals surface area (Å²) in [6, 6.07) is 0. The lowest BCUT2D eigenvalue weighted by Crippen LogP contribution is -1.92. The summed E-state index contributed by atoms with van der Waals surface area (Å²) in [5.41, 5.74) is 0. The van der Waals surface area contributed by atoms with Crippen molar-refractivity contribution in [3.63, 3.8) is 0 Å². The lowest BCUT2D eigenvalue weighted by atomic mass is 10.5. The Balaban J connectivity index is 0. The number of thiol groups is 1. The first-order chi connectivity index (χ1) is 5.83. The molecule has 74 valence electrons. The van der Waals surface area contributed by atoms with Crippen LogP contribution in [-0.4, -0.2) is 19.0 Å². The van der Waals surface area contributed by atoms with Crippen LogP contribution in [0.3, 0.4) is 0 Å². The quantitative estimate of drug-likeness (QED) is 0.309. The minimum absolute atomic E-state index is 0.924. The summed E-state index contributed by atoms with van der Waals surface area (Å²) in [6.45, 7) is 9.57. The largest absolute Gasteiger partial charge is 0.381 e. The molecular formula is C9H20OS2. The first-order valence-corrected chi connectivity index (χ1v) is 6.32. The maximum atomic E-state index is 5.13. The molecule has 0 aromatic carbocycles. The molecular weight excluding hydrogens is 188 g/mol. The summed E-state index contributed by atoms with van der Waals surface area (Å²) in [5, 5.41) is 0. The van der Waals surface area contributed by atoms with Gasteiger partial charge in [-0.15, -0.1) is 18.2 Å². The van der Waals surface area contributed by atoms with Crippen LogP contribution in [0.2, 0.25) is 0 Å². The Hall–Kier alpha value is 0.400. The number of hydrogen-bond acceptors (Lipinski definition) is 3. The van der Waals surface area contributed by atoms with Crippen LogP contribution in [0.15, 0.2) is 12.7 Å². The van der Waals surface area contributed by atoms with E-state index in [1.807, 2.05) is 6.08 Å². The molecule has 0 amide bonds. The van der Waals surface area contributed by atoms with Crippen LogP contribution in [0, 0.1) is 0 Å². The summed E-state index contributed by atoms with van der Waals surface area (Å²) < 4.78 is 5.13. The fourth-order valence-electron chi connectivity index (χ4n) is 0.443. The molecule has 0 aliphatic heterocycles. The van der Waals surface area contributed by atoms with Crippen molar-refractivity contribution in [1.29, 1.82) is 0 Å². The number of ether oxygens (including phenoxy) is 1. The summed E-state index contributed by atoms with van der Waals surface area (Å²) >= 11 is 3.85. The molecule has 0 unspecified atom stereocenters. The Labute approximate surface area is 85.8 Å². The SMILES string of the molecule is C=CCSS.CCCOCCC. The van der Waals surface area contributed by atoms with Gasteiger partial charge in [0.05, 0.1) is 0 Å². The van der Waals surface area contributed by atoms with Gasteiger partial charge in [-0.2, -0.15) is 0 Å². The molecule has 1 nitrogen and oxygen atoms in total. The zero-order valence-electron chi connectivity index (χ0n) is 8.08. The maximum absolute atomic E-state index is 5.13. The van der Waals surface area contributed by atoms with E-state index < -0.39 is 0 Å². The molecule has 0 bridgehead atoms. The molecule has 0 atom stereocenters. The predicted molar refractivity (Wildman–Crippen MR) is 63.0 cm³/mol. The molecule has 0 fully saturated rings. The van der Waals surface area contributed by atoms with Gasteiger partial charge in [0.15, 0.2) is 0 Å². The Morgan fingerprint density at radius 3 is 2.00 bits per heavy atom. The summed E-state index contributed by atoms with van der Waals surface area (Å²) in [4.78, 5) is 0. The highest BCUT2D eigenvalue weighted by Gasteiger charge is 1.77. The van der Waals surface area contributed by atoms with Gasteiger partial charge in [0, 0.05) is 19.0 Å². The summed E-state index contributed by atoms with van der Waals surface area (Å²) in [6.07, 6.45) is 4.09. The third-order valence-electron chi connectivity index (χ3n) is 0.889. The first-order valence-electron chi connectivity index (χ1n) is 4.28. The van der Waals surface area contributed by atoms with Gasteiger partial charge in [-0.05, 0) is 12.8 Å². The minimum atomic E-state index is 0.924. The molecule has 0 aliphatic carbocycles. The molecule has 0 aromatic heterocycles. The van der Waals surface area contributed by atoms with Crippen LogP contribution >= 0.6 is 22.5 Å². The fourth-order valence-corrected chi connectivity index (χ4v) is 0.865. The third-order valence-corrected chi connectivity index (χ3v) is 1.72. The van der Waals surface area contributed by atoms with Crippen LogP contribution in [0.4, 0.5) is 0 Å². The van der Waals surface area contributed by atoms with E-state index in [1.54, 1.807) is 0 Å². The topological polar surface area (TPSA) is 9.23 Å². The van der Waals surface area contributed by atoms with Crippen LogP contribution < -0.4 is 0 Å². The second kappa shape index (κ2) is 17.5. The van der Waals surface area contributed by atoms with Gasteiger partial charge in [0.25, 0.3) is 0 Å². The van der Waals surface area contributed by atoms with Crippen LogP contribution in [0.1, 0.15) is 26.7 Å². The van der Waals surface area contributed by atoms with Crippen molar-refractivity contribution < 1.29 is 4.74 Å². The predicted octanol–water partition coefficient (Wildman–Crippen LogP) is 3.57. The summed E-state index contributed by atoms with van der Waals surface area (Å²) in [5.74, 6) is 0.934. The van der Waals surface area contributed by atoms with E-state index in [4.69, 9.17) is 4.74 Å². The van der Waals surface area contributed by atoms with Gasteiger partial charge in [-0.25, -0.2) is 0 Å². The first kappa shape index (κ1) is 14.9. The second-order valence-corrected chi connectivity index (χ2v) is 3.56. The molecule has 0 saturated carbocycles. The molecule has 0 heterocycles. The van der Waals surface area contributed by atoms with Crippen LogP contribution in [0.5, 0.6) is 0 Å². The minimum Gasteiger partial charge on any atom is -0.381 e. The molecule has 0 N–H and O–H groups in total. The molecule has 0 aromatic rings. The van der Waals surface area contributed by atoms with E-state index in [2.05, 4.69) is 32.1 Å². The Bertz CT molecular complexity index is 72.9. The van der Waals surface area contributed by atoms with Crippen molar-refractivity contribution in [3.8, 4) is 0 Å². The number of hydrogen-bond donors (Lipinski definition) is 1. The zero-order valence-corrected chi connectivity index (χ0v) is 9.79. The van der Waals surface area contributed by atoms with Gasteiger partial charge in [-0.3, -0.25) is 0 Å². The van der Waals surface area contributed by atoms with E-state index in [-0.39, 0.29) is 0 Å². The highest BCUT2D eigenvalue weighted by atomic mass is 33.1. The normalized spacial score (nSPS) is 8.58. The van der Waals surface area contributed by atoms with Gasteiger partial charge < -0.3 is 4.74 Å². The van der Waals surface area contributed by atoms with Crippen molar-refractivity contribution >= 4 is 22.5 Å². The Morgan fingerprint density at radius 2 is 1.83 bits per heavy atom. The van der Waals surface area contributed by atoms with E-state index >= 15 is 0 Å². The highest BCUT2D eigenvalue weighted by Crippen LogP contribution is 2.01. The summed E-state index contributed by atoms with van der Waals surface area (Å²) in [7, 11) is 1.48. The van der Waals surface area contributed by atoms with E-state index in [0.717, 1.165) is 31.8 Å². The maximum Gasteiger partial charge on any atom is 0.0463 e. The standard InChI is InChI=1S/C6H14O.C3H6S2/c1-3-5-7-6-4-2;1-2-3-5-4/h3-6H2,1-2H3;2,4H,1,3H2. The van der Waals surface area contributed by atoms with Crippen molar-refractivity contribution in [1.82, 2.24) is 0 Å². The van der Waals surface area contributed by atoms with Gasteiger partial charge in [0.1, 0.15) is 0 Å². The highest BCUT2D eigenvalue weighted by molar-refractivity contribution is 8.68. The second-order valence-electron chi connectivity index (χ2n) is 2.20. The molecule has 3 heteroatoms. The van der Waals surface area contributed by atoms with Crippen molar-refractivity contribution in [2.75, 3.05) is 19.0 Å². The lowest BCUT2D eigenvalue weighted by molar-refractivity contribution is 0.135. The van der Waals surface area contributed by atoms with E-state index in [9.17, 15) is 0 Å². The zero-order chi connectivity index (χ0) is 9.66. The molecule has 0 rings (SSSR count). The van der Waals surface area contributed by atoms with Crippen LogP contribution in [0.25, 0.3) is 0 Å². The Morgan fingerprint density at radius 1 is 1.33 bits per heavy atom. The third kappa shape index (κ3) is 22.4. The van der Waals surface area contributed by atoms with E-state index in [1.165, 1.54) is 10.8 Å². The molecule has 0 saturated heterocycles. The molecule has 12 heavy (non-hydrogen) atoms. The monoisotopic (exact) mass is 208 g/mol. The Kier molecular flexibility index (Phi) is 21.7. The van der Waals surface area contributed by atoms with Gasteiger partial charge >= 0.3 is 0 Å². The lowest BCUT2D eigenvalue weighted by Gasteiger charge is -1.95. The molecule has 0 aliphatic rings. The van der Waals surface area contributed by atoms with Crippen molar-refractivity contribution in [3.05, 3.63) is 12.7 Å². The smallest absolute Gasteiger partial charge is 0.0463 e. The van der Waals surface area contributed by atoms with Crippen LogP contribution in [-0.2, 0) is 4.74 Å². The van der Waals surface area contributed by atoms with Crippen molar-refractivity contribution in [2.45, 2.75) is 26.7 Å². The molecule has 0 spiro atoms. The molecule has 0 radical (unpaired) electrons. The average molecular weight is 208 g/mol. The van der Waals surface area contributed by atoms with Gasteiger partial charge in [-0.1, -0.05) is 30.7 Å². The van der Waals surface area contributed by atoms with Gasteiger partial charge in [0.2, 0.25) is 0 Å². The fraction of sp³-hybridized carbons (Fsp3) is 0.778.